The maximum Gasteiger partial charge on any atom is 0.264 e. The molecule has 0 fully saturated rings. The van der Waals surface area contributed by atoms with Gasteiger partial charge in [0.25, 0.3) is 10.0 Å². The molecular formula is C23H24N2O3S. The predicted molar refractivity (Wildman–Crippen MR) is 116 cm³/mol. The van der Waals surface area contributed by atoms with Crippen molar-refractivity contribution in [2.24, 2.45) is 0 Å². The average Bonchev–Trinajstić information content (AvgIpc) is 2.68. The Labute approximate surface area is 172 Å². The molecular weight excluding hydrogens is 384 g/mol. The highest BCUT2D eigenvalue weighted by Crippen LogP contribution is 2.33. The number of anilines is 2. The highest BCUT2D eigenvalue weighted by molar-refractivity contribution is 7.92. The quantitative estimate of drug-likeness (QED) is 0.630. The first-order valence-corrected chi connectivity index (χ1v) is 10.8. The van der Waals surface area contributed by atoms with E-state index in [1.807, 2.05) is 56.3 Å². The van der Waals surface area contributed by atoms with Crippen LogP contribution in [0.4, 0.5) is 11.4 Å². The summed E-state index contributed by atoms with van der Waals surface area (Å²) in [6.45, 7) is 5.27. The number of nitrogens with zero attached hydrogens (tertiary/aromatic N) is 1. The van der Waals surface area contributed by atoms with Gasteiger partial charge < -0.3 is 5.32 Å². The number of rotatable bonds is 6. The normalized spacial score (nSPS) is 12.2. The molecule has 3 aromatic rings. The van der Waals surface area contributed by atoms with E-state index in [2.05, 4.69) is 5.32 Å². The van der Waals surface area contributed by atoms with Crippen LogP contribution in [0.25, 0.3) is 0 Å². The number of benzene rings is 3. The van der Waals surface area contributed by atoms with Crippen LogP contribution in [0.3, 0.4) is 0 Å². The maximum atomic E-state index is 13.6. The smallest absolute Gasteiger partial charge is 0.264 e. The standard InChI is InChI=1S/C23H24N2O3S/c1-17-8-7-9-20(16-17)18(2)25(22-10-5-4-6-11-22)29(27,28)23-14-12-21(13-15-23)24-19(3)26/h4-16,18H,1-3H3,(H,24,26)/t18-/m0/s1. The number of hydrogen-bond donors (Lipinski definition) is 1. The van der Waals surface area contributed by atoms with E-state index in [-0.39, 0.29) is 10.8 Å². The SMILES string of the molecule is CC(=O)Nc1ccc(S(=O)(=O)N(c2ccccc2)[C@@H](C)c2cccc(C)c2)cc1. The zero-order valence-electron chi connectivity index (χ0n) is 16.7. The van der Waals surface area contributed by atoms with Crippen molar-refractivity contribution in [3.63, 3.8) is 0 Å². The summed E-state index contributed by atoms with van der Waals surface area (Å²) in [5.74, 6) is -0.209. The zero-order chi connectivity index (χ0) is 21.0. The van der Waals surface area contributed by atoms with Crippen LogP contribution in [-0.2, 0) is 14.8 Å². The average molecular weight is 409 g/mol. The van der Waals surface area contributed by atoms with E-state index >= 15 is 0 Å². The molecule has 0 spiro atoms. The van der Waals surface area contributed by atoms with Gasteiger partial charge in [-0.2, -0.15) is 0 Å². The van der Waals surface area contributed by atoms with E-state index in [4.69, 9.17) is 0 Å². The van der Waals surface area contributed by atoms with Crippen molar-refractivity contribution in [2.45, 2.75) is 31.7 Å². The molecule has 29 heavy (non-hydrogen) atoms. The Bertz CT molecular complexity index is 1090. The summed E-state index contributed by atoms with van der Waals surface area (Å²) in [6, 6.07) is 22.7. The molecule has 0 bridgehead atoms. The van der Waals surface area contributed by atoms with Crippen LogP contribution >= 0.6 is 0 Å². The summed E-state index contributed by atoms with van der Waals surface area (Å²) >= 11 is 0. The Balaban J connectivity index is 2.06. The Morgan fingerprint density at radius 3 is 2.17 bits per heavy atom. The molecule has 0 saturated heterocycles. The molecule has 1 atom stereocenters. The lowest BCUT2D eigenvalue weighted by Crippen LogP contribution is -2.33. The molecule has 0 radical (unpaired) electrons. The molecule has 0 saturated carbocycles. The Hall–Kier alpha value is -3.12. The first-order valence-electron chi connectivity index (χ1n) is 9.33. The lowest BCUT2D eigenvalue weighted by atomic mass is 10.1. The van der Waals surface area contributed by atoms with Crippen LogP contribution in [0.1, 0.15) is 31.0 Å². The van der Waals surface area contributed by atoms with Crippen LogP contribution in [-0.4, -0.2) is 14.3 Å². The van der Waals surface area contributed by atoms with Crippen LogP contribution in [0, 0.1) is 6.92 Å². The number of sulfonamides is 1. The zero-order valence-corrected chi connectivity index (χ0v) is 17.5. The van der Waals surface area contributed by atoms with Gasteiger partial charge in [-0.15, -0.1) is 0 Å². The van der Waals surface area contributed by atoms with Crippen molar-refractivity contribution >= 4 is 27.3 Å². The summed E-state index contributed by atoms with van der Waals surface area (Å²) < 4.78 is 28.6. The molecule has 0 heterocycles. The van der Waals surface area contributed by atoms with Crippen LogP contribution < -0.4 is 9.62 Å². The second-order valence-electron chi connectivity index (χ2n) is 6.93. The summed E-state index contributed by atoms with van der Waals surface area (Å²) in [5.41, 5.74) is 3.12. The van der Waals surface area contributed by atoms with E-state index < -0.39 is 16.1 Å². The van der Waals surface area contributed by atoms with E-state index in [0.29, 0.717) is 11.4 Å². The molecule has 1 N–H and O–H groups in total. The Morgan fingerprint density at radius 2 is 1.59 bits per heavy atom. The number of aryl methyl sites for hydroxylation is 1. The van der Waals surface area contributed by atoms with Crippen molar-refractivity contribution in [2.75, 3.05) is 9.62 Å². The van der Waals surface area contributed by atoms with E-state index in [0.717, 1.165) is 11.1 Å². The number of carbonyl (C=O) groups is 1. The van der Waals surface area contributed by atoms with E-state index in [1.165, 1.54) is 23.4 Å². The third-order valence-corrected chi connectivity index (χ3v) is 6.53. The minimum absolute atomic E-state index is 0.162. The molecule has 3 aromatic carbocycles. The minimum atomic E-state index is -3.84. The van der Waals surface area contributed by atoms with Crippen LogP contribution in [0.15, 0.2) is 83.8 Å². The Morgan fingerprint density at radius 1 is 0.931 bits per heavy atom. The molecule has 0 unspecified atom stereocenters. The fourth-order valence-corrected chi connectivity index (χ4v) is 4.88. The molecule has 6 heteroatoms. The molecule has 0 aromatic heterocycles. The molecule has 0 aliphatic carbocycles. The first-order chi connectivity index (χ1) is 13.8. The van der Waals surface area contributed by atoms with Gasteiger partial charge in [0, 0.05) is 12.6 Å². The molecule has 3 rings (SSSR count). The minimum Gasteiger partial charge on any atom is -0.326 e. The summed E-state index contributed by atoms with van der Waals surface area (Å²) in [7, 11) is -3.84. The topological polar surface area (TPSA) is 66.5 Å². The highest BCUT2D eigenvalue weighted by atomic mass is 32.2. The second kappa shape index (κ2) is 8.49. The fraction of sp³-hybridized carbons (Fsp3) is 0.174. The molecule has 0 aliphatic rings. The largest absolute Gasteiger partial charge is 0.326 e. The van der Waals surface area contributed by atoms with Crippen molar-refractivity contribution in [1.29, 1.82) is 0 Å². The summed E-state index contributed by atoms with van der Waals surface area (Å²) in [5, 5.41) is 2.65. The van der Waals surface area contributed by atoms with Crippen molar-refractivity contribution < 1.29 is 13.2 Å². The van der Waals surface area contributed by atoms with Gasteiger partial charge >= 0.3 is 0 Å². The van der Waals surface area contributed by atoms with Gasteiger partial charge in [-0.05, 0) is 55.8 Å². The number of nitrogens with one attached hydrogen (secondary N) is 1. The first kappa shape index (κ1) is 20.6. The van der Waals surface area contributed by atoms with Gasteiger partial charge in [0.2, 0.25) is 5.91 Å². The molecule has 1 amide bonds. The maximum absolute atomic E-state index is 13.6. The molecule has 0 aliphatic heterocycles. The lowest BCUT2D eigenvalue weighted by Gasteiger charge is -2.31. The van der Waals surface area contributed by atoms with Gasteiger partial charge in [0.15, 0.2) is 0 Å². The van der Waals surface area contributed by atoms with Gasteiger partial charge in [-0.3, -0.25) is 9.10 Å². The lowest BCUT2D eigenvalue weighted by molar-refractivity contribution is -0.114. The molecule has 5 nitrogen and oxygen atoms in total. The summed E-state index contributed by atoms with van der Waals surface area (Å²) in [6.07, 6.45) is 0. The van der Waals surface area contributed by atoms with Gasteiger partial charge in [0.1, 0.15) is 0 Å². The monoisotopic (exact) mass is 408 g/mol. The highest BCUT2D eigenvalue weighted by Gasteiger charge is 2.30. The third kappa shape index (κ3) is 4.66. The number of carbonyl (C=O) groups excluding carboxylic acids is 1. The number of amides is 1. The predicted octanol–water partition coefficient (Wildman–Crippen LogP) is 4.91. The Kier molecular flexibility index (Phi) is 6.03. The number of hydrogen-bond acceptors (Lipinski definition) is 3. The van der Waals surface area contributed by atoms with E-state index in [9.17, 15) is 13.2 Å². The van der Waals surface area contributed by atoms with Gasteiger partial charge in [0.05, 0.1) is 16.6 Å². The van der Waals surface area contributed by atoms with Gasteiger partial charge in [-0.1, -0.05) is 48.0 Å². The van der Waals surface area contributed by atoms with Crippen molar-refractivity contribution in [1.82, 2.24) is 0 Å². The second-order valence-corrected chi connectivity index (χ2v) is 8.75. The van der Waals surface area contributed by atoms with Gasteiger partial charge in [-0.25, -0.2) is 8.42 Å². The fourth-order valence-electron chi connectivity index (χ4n) is 3.24. The van der Waals surface area contributed by atoms with Crippen molar-refractivity contribution in [3.8, 4) is 0 Å². The number of para-hydroxylation sites is 1. The van der Waals surface area contributed by atoms with Crippen molar-refractivity contribution in [3.05, 3.63) is 90.0 Å². The van der Waals surface area contributed by atoms with E-state index in [1.54, 1.807) is 24.3 Å². The van der Waals surface area contributed by atoms with Crippen LogP contribution in [0.2, 0.25) is 0 Å². The molecule has 150 valence electrons. The van der Waals surface area contributed by atoms with Crippen LogP contribution in [0.5, 0.6) is 0 Å². The third-order valence-electron chi connectivity index (χ3n) is 4.62. The summed E-state index contributed by atoms with van der Waals surface area (Å²) in [4.78, 5) is 11.4.